The van der Waals surface area contributed by atoms with Gasteiger partial charge in [0, 0.05) is 17.1 Å². The lowest BCUT2D eigenvalue weighted by molar-refractivity contribution is -0.0539. The fraction of sp³-hybridized carbons (Fsp3) is 0.500. The monoisotopic (exact) mass is 539 g/mol. The van der Waals surface area contributed by atoms with Crippen molar-refractivity contribution in [1.29, 1.82) is 0 Å². The topological polar surface area (TPSA) is 260 Å². The van der Waals surface area contributed by atoms with Crippen LogP contribution in [0, 0.1) is 12.9 Å². The molecule has 3 rings (SSSR count). The molecule has 0 aromatic carbocycles. The van der Waals surface area contributed by atoms with Crippen LogP contribution in [-0.2, 0) is 31.6 Å². The first-order valence-corrected chi connectivity index (χ1v) is 13.1. The zero-order valence-electron chi connectivity index (χ0n) is 16.2. The van der Waals surface area contributed by atoms with Crippen molar-refractivity contribution >= 4 is 34.5 Å². The first-order chi connectivity index (χ1) is 15.0. The number of halogens is 1. The number of phosphoric acid groups is 3. The third-order valence-electron chi connectivity index (χ3n) is 4.34. The zero-order chi connectivity index (χ0) is 24.9. The van der Waals surface area contributed by atoms with E-state index in [1.807, 2.05) is 0 Å². The van der Waals surface area contributed by atoms with Crippen molar-refractivity contribution in [1.82, 2.24) is 14.5 Å². The third-order valence-corrected chi connectivity index (χ3v) is 8.14. The van der Waals surface area contributed by atoms with E-state index in [2.05, 4.69) is 23.1 Å². The molecule has 33 heavy (non-hydrogen) atoms. The molecule has 3 unspecified atom stereocenters. The highest BCUT2D eigenvalue weighted by Crippen LogP contribution is 2.66. The minimum Gasteiger partial charge on any atom is -0.387 e. The Morgan fingerprint density at radius 2 is 1.79 bits per heavy atom. The summed E-state index contributed by atoms with van der Waals surface area (Å²) >= 11 is 0. The Bertz CT molecular complexity index is 1260. The summed E-state index contributed by atoms with van der Waals surface area (Å²) in [6.07, 6.45) is -5.74. The number of hydrogen-bond donors (Lipinski definition) is 7. The summed E-state index contributed by atoms with van der Waals surface area (Å²) in [5.74, 6) is -0.753. The maximum atomic E-state index is 13.7. The van der Waals surface area contributed by atoms with Crippen molar-refractivity contribution in [3.05, 3.63) is 28.2 Å². The van der Waals surface area contributed by atoms with Crippen molar-refractivity contribution in [3.63, 3.8) is 0 Å². The molecular formula is C12H17FN3O14P3. The molecule has 3 heterocycles. The third kappa shape index (κ3) is 6.01. The van der Waals surface area contributed by atoms with Crippen molar-refractivity contribution < 1.29 is 65.8 Å². The van der Waals surface area contributed by atoms with Crippen LogP contribution in [0.1, 0.15) is 11.8 Å². The molecule has 7 N–H and O–H groups in total. The van der Waals surface area contributed by atoms with Crippen molar-refractivity contribution in [3.8, 4) is 0 Å². The molecule has 1 fully saturated rings. The standard InChI is InChI=1S/C12H17FN3O14P3/c1-4-5-2-16(12(19)15-10(5)14-9(4)13)11-8(18)7(17)6(28-11)3-27-32(23,24)30-33(25,26)29-31(20,21)22/h2,6-8,11,17-18H,3H2,1H3,(H,23,24)(H,25,26)(H,14,15,19)(H2,20,21,22)/t6-,7?,8+,11-/m1/s1. The van der Waals surface area contributed by atoms with Gasteiger partial charge in [0.15, 0.2) is 12.2 Å². The van der Waals surface area contributed by atoms with Crippen LogP contribution < -0.4 is 5.69 Å². The smallest absolute Gasteiger partial charge is 0.387 e. The number of phosphoric ester groups is 1. The van der Waals surface area contributed by atoms with E-state index in [9.17, 15) is 38.0 Å². The molecule has 0 bridgehead atoms. The molecule has 2 aromatic rings. The number of aromatic nitrogens is 3. The Balaban J connectivity index is 1.74. The van der Waals surface area contributed by atoms with Gasteiger partial charge in [-0.2, -0.15) is 18.0 Å². The highest BCUT2D eigenvalue weighted by molar-refractivity contribution is 7.66. The van der Waals surface area contributed by atoms with Gasteiger partial charge in [-0.3, -0.25) is 9.09 Å². The molecule has 2 aromatic heterocycles. The van der Waals surface area contributed by atoms with Crippen LogP contribution in [0.4, 0.5) is 4.39 Å². The molecule has 6 atom stereocenters. The van der Waals surface area contributed by atoms with E-state index in [0.717, 1.165) is 10.8 Å². The Morgan fingerprint density at radius 1 is 1.15 bits per heavy atom. The molecule has 0 aliphatic carbocycles. The number of hydrogen-bond acceptors (Lipinski definition) is 11. The highest BCUT2D eigenvalue weighted by atomic mass is 31.3. The van der Waals surface area contributed by atoms with Crippen LogP contribution in [0.15, 0.2) is 11.0 Å². The number of ether oxygens (including phenoxy) is 1. The van der Waals surface area contributed by atoms with Crippen LogP contribution in [0.3, 0.4) is 0 Å². The first-order valence-electron chi connectivity index (χ1n) is 8.56. The lowest BCUT2D eigenvalue weighted by Gasteiger charge is -2.19. The molecule has 21 heteroatoms. The van der Waals surface area contributed by atoms with Crippen molar-refractivity contribution in [2.24, 2.45) is 0 Å². The maximum Gasteiger partial charge on any atom is 0.490 e. The average molecular weight is 539 g/mol. The van der Waals surface area contributed by atoms with E-state index in [4.69, 9.17) is 19.4 Å². The van der Waals surface area contributed by atoms with Gasteiger partial charge in [0.05, 0.1) is 6.61 Å². The van der Waals surface area contributed by atoms with E-state index in [1.54, 1.807) is 0 Å². The van der Waals surface area contributed by atoms with Gasteiger partial charge in [-0.05, 0) is 6.92 Å². The summed E-state index contributed by atoms with van der Waals surface area (Å²) < 4.78 is 64.9. The van der Waals surface area contributed by atoms with Crippen molar-refractivity contribution in [2.75, 3.05) is 6.61 Å². The number of nitrogens with one attached hydrogen (secondary N) is 1. The van der Waals surface area contributed by atoms with Gasteiger partial charge in [-0.25, -0.2) is 18.5 Å². The summed E-state index contributed by atoms with van der Waals surface area (Å²) in [7, 11) is -16.9. The largest absolute Gasteiger partial charge is 0.490 e. The Labute approximate surface area is 181 Å². The molecule has 0 amide bonds. The number of aliphatic hydroxyl groups is 2. The number of fused-ring (bicyclic) bond motifs is 1. The fourth-order valence-electron chi connectivity index (χ4n) is 2.90. The SMILES string of the molecule is Cc1c(F)[nH]c2nc(=O)n([C@@H]3O[C@H](COP(=O)(O)OP(=O)(O)OP(=O)(O)O)C(O)[C@@H]3O)cc12. The van der Waals surface area contributed by atoms with E-state index in [0.29, 0.717) is 0 Å². The summed E-state index contributed by atoms with van der Waals surface area (Å²) in [6, 6.07) is 0. The van der Waals surface area contributed by atoms with Gasteiger partial charge in [0.1, 0.15) is 24.0 Å². The molecule has 1 saturated heterocycles. The quantitative estimate of drug-likeness (QED) is 0.201. The number of nitrogens with zero attached hydrogens (tertiary/aromatic N) is 2. The second kappa shape index (κ2) is 9.02. The Hall–Kier alpha value is -1.36. The second-order valence-electron chi connectivity index (χ2n) is 6.69. The molecule has 1 aliphatic heterocycles. The van der Waals surface area contributed by atoms with Crippen molar-refractivity contribution in [2.45, 2.75) is 31.5 Å². The predicted molar refractivity (Wildman–Crippen MR) is 101 cm³/mol. The van der Waals surface area contributed by atoms with Crippen LogP contribution in [0.25, 0.3) is 11.0 Å². The highest BCUT2D eigenvalue weighted by Gasteiger charge is 2.47. The number of aliphatic hydroxyl groups excluding tert-OH is 2. The zero-order valence-corrected chi connectivity index (χ0v) is 18.8. The lowest BCUT2D eigenvalue weighted by atomic mass is 10.1. The number of aromatic amines is 1. The lowest BCUT2D eigenvalue weighted by Crippen LogP contribution is -2.36. The fourth-order valence-corrected chi connectivity index (χ4v) is 5.93. The number of H-pyrrole nitrogens is 1. The molecule has 0 radical (unpaired) electrons. The van der Waals surface area contributed by atoms with E-state index >= 15 is 0 Å². The molecule has 186 valence electrons. The summed E-state index contributed by atoms with van der Waals surface area (Å²) in [5, 5.41) is 20.5. The summed E-state index contributed by atoms with van der Waals surface area (Å²) in [6.45, 7) is 0.317. The molecule has 17 nitrogen and oxygen atoms in total. The molecule has 0 saturated carbocycles. The van der Waals surface area contributed by atoms with E-state index in [1.165, 1.54) is 6.92 Å². The minimum absolute atomic E-state index is 0.0801. The van der Waals surface area contributed by atoms with Crippen LogP contribution in [0.2, 0.25) is 0 Å². The maximum absolute atomic E-state index is 13.7. The first kappa shape index (κ1) is 26.2. The predicted octanol–water partition coefficient (Wildman–Crippen LogP) is -0.865. The van der Waals surface area contributed by atoms with Crippen LogP contribution >= 0.6 is 23.5 Å². The van der Waals surface area contributed by atoms with Crippen LogP contribution in [0.5, 0.6) is 0 Å². The minimum atomic E-state index is -5.76. The summed E-state index contributed by atoms with van der Waals surface area (Å²) in [5.41, 5.74) is -0.986. The Morgan fingerprint density at radius 3 is 2.39 bits per heavy atom. The number of aryl methyl sites for hydroxylation is 1. The molecular weight excluding hydrogens is 522 g/mol. The van der Waals surface area contributed by atoms with Gasteiger partial charge in [0.25, 0.3) is 0 Å². The summed E-state index contributed by atoms with van der Waals surface area (Å²) in [4.78, 5) is 53.7. The number of rotatable bonds is 8. The van der Waals surface area contributed by atoms with E-state index in [-0.39, 0.29) is 16.6 Å². The van der Waals surface area contributed by atoms with Gasteiger partial charge >= 0.3 is 29.2 Å². The van der Waals surface area contributed by atoms with E-state index < -0.39 is 66.3 Å². The molecule has 1 aliphatic rings. The average Bonchev–Trinajstić information content (AvgIpc) is 3.06. The van der Waals surface area contributed by atoms with Gasteiger partial charge < -0.3 is 39.5 Å². The second-order valence-corrected chi connectivity index (χ2v) is 11.1. The van der Waals surface area contributed by atoms with Crippen LogP contribution in [-0.4, -0.2) is 69.2 Å². The van der Waals surface area contributed by atoms with Gasteiger partial charge in [-0.15, -0.1) is 0 Å². The molecule has 0 spiro atoms. The van der Waals surface area contributed by atoms with Gasteiger partial charge in [-0.1, -0.05) is 0 Å². The van der Waals surface area contributed by atoms with Gasteiger partial charge in [0.2, 0.25) is 0 Å². The normalized spacial score (nSPS) is 27.5. The Kier molecular flexibility index (Phi) is 7.17.